The van der Waals surface area contributed by atoms with Crippen LogP contribution in [0.5, 0.6) is 0 Å². The summed E-state index contributed by atoms with van der Waals surface area (Å²) < 4.78 is 4.59. The summed E-state index contributed by atoms with van der Waals surface area (Å²) in [4.78, 5) is 10.2. The van der Waals surface area contributed by atoms with Gasteiger partial charge in [-0.1, -0.05) is 6.10 Å². The van der Waals surface area contributed by atoms with Gasteiger partial charge in [0, 0.05) is 19.1 Å². The Labute approximate surface area is 63.2 Å². The standard InChI is InChI=1S/C6H9O5/c7-3-1-5(6(9)10)11-2-4(3)8/h3-5,7H,1-2H2,(H,9,10)/q-1/p-1/t3-,4?,5?/m1/s1. The van der Waals surface area contributed by atoms with E-state index in [4.69, 9.17) is 5.11 Å². The van der Waals surface area contributed by atoms with E-state index in [1.165, 1.54) is 0 Å². The van der Waals surface area contributed by atoms with Crippen LogP contribution in [0.4, 0.5) is 0 Å². The molecule has 1 heterocycles. The third kappa shape index (κ3) is 1.89. The molecule has 0 aromatic rings. The fraction of sp³-hybridized carbons (Fsp3) is 0.833. The minimum atomic E-state index is -1.38. The lowest BCUT2D eigenvalue weighted by molar-refractivity contribution is -0.455. The van der Waals surface area contributed by atoms with Crippen LogP contribution in [0.25, 0.3) is 0 Å². The number of rotatable bonds is 1. The molecule has 5 heteroatoms. The zero-order valence-corrected chi connectivity index (χ0v) is 5.73. The number of aliphatic hydroxyl groups is 1. The normalized spacial score (nSPS) is 38.5. The molecular weight excluding hydrogens is 152 g/mol. The van der Waals surface area contributed by atoms with Gasteiger partial charge < -0.3 is 24.9 Å². The van der Waals surface area contributed by atoms with Crippen molar-refractivity contribution in [3.8, 4) is 0 Å². The predicted molar refractivity (Wildman–Crippen MR) is 29.2 cm³/mol. The van der Waals surface area contributed by atoms with Gasteiger partial charge in [0.1, 0.15) is 0 Å². The maximum absolute atomic E-state index is 10.7. The first kappa shape index (κ1) is 8.45. The van der Waals surface area contributed by atoms with Gasteiger partial charge in [0.15, 0.2) is 0 Å². The lowest BCUT2D eigenvalue weighted by Gasteiger charge is -2.37. The van der Waals surface area contributed by atoms with Crippen LogP contribution in [0.3, 0.4) is 0 Å². The number of hydrogen-bond donors (Lipinski definition) is 1. The summed E-state index contributed by atoms with van der Waals surface area (Å²) >= 11 is 0. The van der Waals surface area contributed by atoms with Gasteiger partial charge in [-0.25, -0.2) is 0 Å². The molecule has 0 aliphatic carbocycles. The van der Waals surface area contributed by atoms with Crippen molar-refractivity contribution in [2.24, 2.45) is 0 Å². The number of aliphatic carboxylic acids is 1. The summed E-state index contributed by atoms with van der Waals surface area (Å²) in [5, 5.41) is 29.7. The Kier molecular flexibility index (Phi) is 2.43. The first-order valence-corrected chi connectivity index (χ1v) is 3.27. The summed E-state index contributed by atoms with van der Waals surface area (Å²) in [7, 11) is 0. The topological polar surface area (TPSA) is 92.7 Å². The third-order valence-electron chi connectivity index (χ3n) is 1.61. The lowest BCUT2D eigenvalue weighted by Crippen LogP contribution is -2.53. The van der Waals surface area contributed by atoms with Gasteiger partial charge in [-0.05, 0) is 0 Å². The molecule has 0 spiro atoms. The SMILES string of the molecule is O=C([O-])C1C[C@@H](O)C([O-])CO1. The maximum Gasteiger partial charge on any atom is 0.0992 e. The lowest BCUT2D eigenvalue weighted by atomic mass is 10.0. The average molecular weight is 160 g/mol. The summed E-state index contributed by atoms with van der Waals surface area (Å²) in [6.07, 6.45) is -3.66. The quantitative estimate of drug-likeness (QED) is 0.432. The van der Waals surface area contributed by atoms with Crippen LogP contribution in [-0.2, 0) is 9.53 Å². The number of aliphatic hydroxyl groups excluding tert-OH is 1. The van der Waals surface area contributed by atoms with Crippen LogP contribution in [0.2, 0.25) is 0 Å². The summed E-state index contributed by atoms with van der Waals surface area (Å²) in [6, 6.07) is 0. The Morgan fingerprint density at radius 1 is 1.64 bits per heavy atom. The fourth-order valence-electron chi connectivity index (χ4n) is 0.925. The van der Waals surface area contributed by atoms with Crippen LogP contribution in [-0.4, -0.2) is 36.0 Å². The van der Waals surface area contributed by atoms with Gasteiger partial charge in [0.25, 0.3) is 0 Å². The molecule has 1 aliphatic heterocycles. The van der Waals surface area contributed by atoms with Gasteiger partial charge in [0.2, 0.25) is 0 Å². The first-order chi connectivity index (χ1) is 5.11. The van der Waals surface area contributed by atoms with Crippen molar-refractivity contribution in [2.45, 2.75) is 24.7 Å². The molecule has 0 amide bonds. The van der Waals surface area contributed by atoms with Crippen molar-refractivity contribution in [3.05, 3.63) is 0 Å². The molecule has 1 N–H and O–H groups in total. The van der Waals surface area contributed by atoms with Crippen molar-refractivity contribution in [1.29, 1.82) is 0 Å². The second-order valence-corrected chi connectivity index (χ2v) is 2.48. The number of hydrogen-bond acceptors (Lipinski definition) is 5. The van der Waals surface area contributed by atoms with Gasteiger partial charge in [-0.3, -0.25) is 0 Å². The summed E-state index contributed by atoms with van der Waals surface area (Å²) in [5.74, 6) is -1.38. The van der Waals surface area contributed by atoms with Crippen LogP contribution in [0.1, 0.15) is 6.42 Å². The molecule has 0 aromatic carbocycles. The molecule has 0 aromatic heterocycles. The molecule has 64 valence electrons. The van der Waals surface area contributed by atoms with Crippen molar-refractivity contribution in [1.82, 2.24) is 0 Å². The molecule has 5 nitrogen and oxygen atoms in total. The summed E-state index contributed by atoms with van der Waals surface area (Å²) in [5.41, 5.74) is 0. The van der Waals surface area contributed by atoms with Crippen molar-refractivity contribution >= 4 is 5.97 Å². The molecule has 0 saturated carbocycles. The maximum atomic E-state index is 10.7. The van der Waals surface area contributed by atoms with Gasteiger partial charge in [0.05, 0.1) is 12.1 Å². The largest absolute Gasteiger partial charge is 0.848 e. The van der Waals surface area contributed by atoms with E-state index in [1.54, 1.807) is 0 Å². The molecule has 1 rings (SSSR count). The number of ether oxygens (including phenoxy) is 1. The highest BCUT2D eigenvalue weighted by Gasteiger charge is 2.23. The Balaban J connectivity index is 2.46. The predicted octanol–water partition coefficient (Wildman–Crippen LogP) is -3.38. The molecule has 1 fully saturated rings. The number of carboxylic acids is 1. The highest BCUT2D eigenvalue weighted by Crippen LogP contribution is 2.11. The second kappa shape index (κ2) is 3.17. The van der Waals surface area contributed by atoms with E-state index in [2.05, 4.69) is 4.74 Å². The van der Waals surface area contributed by atoms with Crippen LogP contribution >= 0.6 is 0 Å². The molecule has 0 bridgehead atoms. The first-order valence-electron chi connectivity index (χ1n) is 3.27. The highest BCUT2D eigenvalue weighted by atomic mass is 16.5. The van der Waals surface area contributed by atoms with Crippen molar-refractivity contribution in [2.75, 3.05) is 6.61 Å². The molecule has 1 aliphatic rings. The van der Waals surface area contributed by atoms with Crippen molar-refractivity contribution in [3.63, 3.8) is 0 Å². The van der Waals surface area contributed by atoms with Gasteiger partial charge in [-0.15, -0.1) is 0 Å². The zero-order chi connectivity index (χ0) is 8.43. The van der Waals surface area contributed by atoms with E-state index in [1.807, 2.05) is 0 Å². The molecular formula is C6H8O5-2. The van der Waals surface area contributed by atoms with Gasteiger partial charge >= 0.3 is 0 Å². The second-order valence-electron chi connectivity index (χ2n) is 2.48. The van der Waals surface area contributed by atoms with E-state index in [0.717, 1.165) is 0 Å². The van der Waals surface area contributed by atoms with E-state index in [9.17, 15) is 15.0 Å². The van der Waals surface area contributed by atoms with E-state index >= 15 is 0 Å². The minimum Gasteiger partial charge on any atom is -0.848 e. The highest BCUT2D eigenvalue weighted by molar-refractivity contribution is 5.70. The van der Waals surface area contributed by atoms with Crippen molar-refractivity contribution < 1.29 is 24.9 Å². The Morgan fingerprint density at radius 3 is 2.73 bits per heavy atom. The third-order valence-corrected chi connectivity index (χ3v) is 1.61. The van der Waals surface area contributed by atoms with Crippen LogP contribution in [0.15, 0.2) is 0 Å². The number of carboxylic acid groups (broad SMARTS) is 1. The molecule has 1 saturated heterocycles. The van der Waals surface area contributed by atoms with E-state index < -0.39 is 24.3 Å². The average Bonchev–Trinajstić information content (AvgIpc) is 1.94. The zero-order valence-electron chi connectivity index (χ0n) is 5.73. The van der Waals surface area contributed by atoms with Crippen LogP contribution in [0, 0.1) is 0 Å². The smallest absolute Gasteiger partial charge is 0.0992 e. The number of carbonyl (C=O) groups is 1. The molecule has 3 atom stereocenters. The Bertz CT molecular complexity index is 157. The van der Waals surface area contributed by atoms with Crippen LogP contribution < -0.4 is 10.2 Å². The summed E-state index contributed by atoms with van der Waals surface area (Å²) in [6.45, 7) is -0.264. The van der Waals surface area contributed by atoms with E-state index in [-0.39, 0.29) is 13.0 Å². The number of carbonyl (C=O) groups excluding carboxylic acids is 1. The Hall–Kier alpha value is -0.650. The Morgan fingerprint density at radius 2 is 2.27 bits per heavy atom. The fourth-order valence-corrected chi connectivity index (χ4v) is 0.925. The van der Waals surface area contributed by atoms with Gasteiger partial charge in [-0.2, -0.15) is 0 Å². The minimum absolute atomic E-state index is 0.170. The monoisotopic (exact) mass is 160 g/mol. The molecule has 2 unspecified atom stereocenters. The molecule has 0 radical (unpaired) electrons. The van der Waals surface area contributed by atoms with E-state index in [0.29, 0.717) is 0 Å². The molecule has 11 heavy (non-hydrogen) atoms.